The number of nitrogens with zero attached hydrogens (tertiary/aromatic N) is 3. The van der Waals surface area contributed by atoms with Crippen LogP contribution in [0.5, 0.6) is 0 Å². The van der Waals surface area contributed by atoms with E-state index in [4.69, 9.17) is 4.74 Å². The molecule has 0 aromatic carbocycles. The number of hydrogen-bond acceptors (Lipinski definition) is 5. The lowest BCUT2D eigenvalue weighted by Gasteiger charge is -2.54. The number of carbonyl (C=O) groups is 2. The third-order valence-electron chi connectivity index (χ3n) is 6.58. The second-order valence-corrected chi connectivity index (χ2v) is 8.81. The molecule has 1 amide bonds. The van der Waals surface area contributed by atoms with Gasteiger partial charge in [0.15, 0.2) is 0 Å². The van der Waals surface area contributed by atoms with Crippen molar-refractivity contribution >= 4 is 11.9 Å². The summed E-state index contributed by atoms with van der Waals surface area (Å²) in [6, 6.07) is 5.26. The highest BCUT2D eigenvalue weighted by Crippen LogP contribution is 2.63. The van der Waals surface area contributed by atoms with Gasteiger partial charge in [0.1, 0.15) is 5.56 Å². The summed E-state index contributed by atoms with van der Waals surface area (Å²) >= 11 is 0. The molecule has 7 heteroatoms. The van der Waals surface area contributed by atoms with E-state index in [1.165, 1.54) is 11.7 Å². The molecule has 0 N–H and O–H groups in total. The van der Waals surface area contributed by atoms with E-state index in [0.717, 1.165) is 0 Å². The van der Waals surface area contributed by atoms with E-state index in [0.29, 0.717) is 24.2 Å². The molecule has 1 aliphatic heterocycles. The Hall–Kier alpha value is -2.96. The Morgan fingerprint density at radius 1 is 1.28 bits per heavy atom. The largest absolute Gasteiger partial charge is 0.469 e. The average molecular weight is 395 g/mol. The number of ether oxygens (including phenoxy) is 1. The van der Waals surface area contributed by atoms with Crippen LogP contribution in [0.3, 0.4) is 0 Å². The van der Waals surface area contributed by atoms with Crippen LogP contribution in [0.4, 0.5) is 0 Å². The number of hydrogen-bond donors (Lipinski definition) is 0. The van der Waals surface area contributed by atoms with Gasteiger partial charge >= 0.3 is 5.97 Å². The SMILES string of the molecule is COC(=O)[C@@]12CN(C(=O)c3c(C)ccn(-c4cccnc4)c3=O)C[C@@H]1C(C)(C)C2. The van der Waals surface area contributed by atoms with Crippen LogP contribution in [0.1, 0.15) is 36.2 Å². The lowest BCUT2D eigenvalue weighted by molar-refractivity contribution is -0.174. The van der Waals surface area contributed by atoms with E-state index in [9.17, 15) is 14.4 Å². The Labute approximate surface area is 169 Å². The molecule has 4 rings (SSSR count). The summed E-state index contributed by atoms with van der Waals surface area (Å²) in [5.74, 6) is -0.579. The monoisotopic (exact) mass is 395 g/mol. The third-order valence-corrected chi connectivity index (χ3v) is 6.58. The van der Waals surface area contributed by atoms with Crippen molar-refractivity contribution in [3.63, 3.8) is 0 Å². The van der Waals surface area contributed by atoms with Crippen molar-refractivity contribution in [2.45, 2.75) is 27.2 Å². The smallest absolute Gasteiger partial charge is 0.314 e. The number of carbonyl (C=O) groups excluding carboxylic acids is 2. The number of fused-ring (bicyclic) bond motifs is 1. The molecule has 152 valence electrons. The van der Waals surface area contributed by atoms with Crippen LogP contribution >= 0.6 is 0 Å². The van der Waals surface area contributed by atoms with Gasteiger partial charge in [-0.3, -0.25) is 23.9 Å². The molecule has 2 aromatic heterocycles. The van der Waals surface area contributed by atoms with E-state index in [2.05, 4.69) is 18.8 Å². The van der Waals surface area contributed by atoms with Crippen molar-refractivity contribution in [2.75, 3.05) is 20.2 Å². The fourth-order valence-corrected chi connectivity index (χ4v) is 5.27. The van der Waals surface area contributed by atoms with E-state index in [-0.39, 0.29) is 40.9 Å². The second kappa shape index (κ2) is 6.54. The van der Waals surface area contributed by atoms with Crippen LogP contribution in [0.15, 0.2) is 41.6 Å². The van der Waals surface area contributed by atoms with Crippen molar-refractivity contribution < 1.29 is 14.3 Å². The summed E-state index contributed by atoms with van der Waals surface area (Å²) < 4.78 is 6.49. The van der Waals surface area contributed by atoms with Gasteiger partial charge in [0.25, 0.3) is 11.5 Å². The van der Waals surface area contributed by atoms with Crippen molar-refractivity contribution in [1.29, 1.82) is 0 Å². The topological polar surface area (TPSA) is 81.5 Å². The summed E-state index contributed by atoms with van der Waals surface area (Å²) in [7, 11) is 1.39. The highest BCUT2D eigenvalue weighted by atomic mass is 16.5. The van der Waals surface area contributed by atoms with Crippen molar-refractivity contribution in [3.8, 4) is 5.69 Å². The molecule has 2 aliphatic rings. The van der Waals surface area contributed by atoms with Gasteiger partial charge in [0.05, 0.1) is 24.4 Å². The van der Waals surface area contributed by atoms with Crippen LogP contribution in [0.2, 0.25) is 0 Å². The van der Waals surface area contributed by atoms with Crippen LogP contribution in [0, 0.1) is 23.7 Å². The van der Waals surface area contributed by atoms with Gasteiger partial charge in [-0.1, -0.05) is 13.8 Å². The van der Waals surface area contributed by atoms with E-state index in [1.807, 2.05) is 0 Å². The van der Waals surface area contributed by atoms with Crippen LogP contribution in [-0.4, -0.2) is 46.5 Å². The van der Waals surface area contributed by atoms with Gasteiger partial charge in [-0.15, -0.1) is 0 Å². The highest BCUT2D eigenvalue weighted by molar-refractivity contribution is 5.96. The maximum atomic E-state index is 13.4. The maximum Gasteiger partial charge on any atom is 0.314 e. The number of pyridine rings is 2. The van der Waals surface area contributed by atoms with Gasteiger partial charge in [-0.05, 0) is 48.4 Å². The fourth-order valence-electron chi connectivity index (χ4n) is 5.27. The Morgan fingerprint density at radius 3 is 2.66 bits per heavy atom. The molecule has 2 atom stereocenters. The molecule has 3 heterocycles. The van der Waals surface area contributed by atoms with Crippen molar-refractivity contribution in [2.24, 2.45) is 16.7 Å². The van der Waals surface area contributed by atoms with Crippen molar-refractivity contribution in [1.82, 2.24) is 14.5 Å². The molecule has 1 saturated heterocycles. The first-order valence-corrected chi connectivity index (χ1v) is 9.71. The van der Waals surface area contributed by atoms with Gasteiger partial charge < -0.3 is 9.64 Å². The predicted octanol–water partition coefficient (Wildman–Crippen LogP) is 2.20. The minimum atomic E-state index is -0.668. The summed E-state index contributed by atoms with van der Waals surface area (Å²) in [6.45, 7) is 6.70. The first-order chi connectivity index (χ1) is 13.7. The number of likely N-dealkylation sites (tertiary alicyclic amines) is 1. The average Bonchev–Trinajstić information content (AvgIpc) is 3.04. The molecule has 0 radical (unpaired) electrons. The van der Waals surface area contributed by atoms with Gasteiger partial charge in [-0.25, -0.2) is 0 Å². The fraction of sp³-hybridized carbons (Fsp3) is 0.455. The van der Waals surface area contributed by atoms with E-state index >= 15 is 0 Å². The van der Waals surface area contributed by atoms with E-state index in [1.54, 1.807) is 48.6 Å². The first kappa shape index (κ1) is 19.4. The standard InChI is InChI=1S/C22H25N3O4/c1-14-7-9-25(15-6-5-8-23-10-15)19(27)17(14)18(26)24-11-16-21(2,3)12-22(16,13-24)20(28)29-4/h5-10,16H,11-13H2,1-4H3/t16-,22+/m1/s1. The van der Waals surface area contributed by atoms with E-state index < -0.39 is 5.41 Å². The third kappa shape index (κ3) is 2.79. The Balaban J connectivity index is 1.71. The molecular formula is C22H25N3O4. The molecule has 0 unspecified atom stereocenters. The minimum Gasteiger partial charge on any atom is -0.469 e. The van der Waals surface area contributed by atoms with Gasteiger partial charge in [0.2, 0.25) is 0 Å². The zero-order valence-electron chi connectivity index (χ0n) is 17.1. The summed E-state index contributed by atoms with van der Waals surface area (Å²) in [4.78, 5) is 44.8. The summed E-state index contributed by atoms with van der Waals surface area (Å²) in [6.07, 6.45) is 5.53. The summed E-state index contributed by atoms with van der Waals surface area (Å²) in [5.41, 5.74) is 0.249. The minimum absolute atomic E-state index is 0.0240. The molecule has 29 heavy (non-hydrogen) atoms. The van der Waals surface area contributed by atoms with Gasteiger partial charge in [-0.2, -0.15) is 0 Å². The molecule has 1 aliphatic carbocycles. The summed E-state index contributed by atoms with van der Waals surface area (Å²) in [5, 5.41) is 0. The molecule has 0 bridgehead atoms. The van der Waals surface area contributed by atoms with Crippen LogP contribution < -0.4 is 5.56 Å². The zero-order chi connectivity index (χ0) is 21.0. The van der Waals surface area contributed by atoms with Gasteiger partial charge in [0, 0.05) is 25.5 Å². The number of amides is 1. The number of esters is 1. The Kier molecular flexibility index (Phi) is 4.37. The predicted molar refractivity (Wildman–Crippen MR) is 107 cm³/mol. The Morgan fingerprint density at radius 2 is 2.03 bits per heavy atom. The van der Waals surface area contributed by atoms with Crippen molar-refractivity contribution in [3.05, 3.63) is 58.3 Å². The Bertz CT molecular complexity index is 1040. The number of methoxy groups -OCH3 is 1. The number of rotatable bonds is 3. The lowest BCUT2D eigenvalue weighted by Crippen LogP contribution is -2.57. The van der Waals surface area contributed by atoms with Crippen LogP contribution in [0.25, 0.3) is 5.69 Å². The highest BCUT2D eigenvalue weighted by Gasteiger charge is 2.68. The molecule has 0 spiro atoms. The lowest BCUT2D eigenvalue weighted by atomic mass is 9.48. The molecular weight excluding hydrogens is 370 g/mol. The number of aryl methyl sites for hydroxylation is 1. The first-order valence-electron chi connectivity index (χ1n) is 9.71. The molecule has 7 nitrogen and oxygen atoms in total. The molecule has 2 fully saturated rings. The second-order valence-electron chi connectivity index (χ2n) is 8.81. The quantitative estimate of drug-likeness (QED) is 0.745. The number of aromatic nitrogens is 2. The normalized spacial score (nSPS) is 24.6. The molecule has 2 aromatic rings. The molecule has 1 saturated carbocycles. The van der Waals surface area contributed by atoms with Crippen LogP contribution in [-0.2, 0) is 9.53 Å². The zero-order valence-corrected chi connectivity index (χ0v) is 17.1. The maximum absolute atomic E-state index is 13.4.